The molecular formula is C14H23NO4S. The summed E-state index contributed by atoms with van der Waals surface area (Å²) in [6.45, 7) is 3.65. The minimum absolute atomic E-state index is 0.000826. The van der Waals surface area contributed by atoms with Crippen LogP contribution < -0.4 is 15.2 Å². The second-order valence-electron chi connectivity index (χ2n) is 4.71. The van der Waals surface area contributed by atoms with Crippen molar-refractivity contribution in [3.63, 3.8) is 0 Å². The Balaban J connectivity index is 2.85. The van der Waals surface area contributed by atoms with Gasteiger partial charge in [-0.05, 0) is 25.0 Å². The van der Waals surface area contributed by atoms with E-state index >= 15 is 0 Å². The Kier molecular flexibility index (Phi) is 6.29. The Labute approximate surface area is 121 Å². The first-order valence-corrected chi connectivity index (χ1v) is 8.46. The van der Waals surface area contributed by atoms with Crippen LogP contribution in [0.25, 0.3) is 0 Å². The minimum atomic E-state index is -3.04. The van der Waals surface area contributed by atoms with Crippen LogP contribution in [0.5, 0.6) is 11.5 Å². The summed E-state index contributed by atoms with van der Waals surface area (Å²) in [6, 6.07) is 5.56. The number of benzene rings is 1. The maximum atomic E-state index is 11.5. The first-order valence-electron chi connectivity index (χ1n) is 6.64. The van der Waals surface area contributed by atoms with Gasteiger partial charge in [-0.2, -0.15) is 0 Å². The standard InChI is InChI=1S/C14H23NO4S/c1-4-20(16,17)9-8-19-14-12(10-11(2)15)6-5-7-13(14)18-3/h5-7,11H,4,8-10,15H2,1-3H3. The fourth-order valence-corrected chi connectivity index (χ4v) is 2.43. The predicted octanol–water partition coefficient (Wildman–Crippen LogP) is 1.40. The maximum Gasteiger partial charge on any atom is 0.164 e. The number of ether oxygens (including phenoxy) is 2. The molecule has 0 bridgehead atoms. The number of hydrogen-bond acceptors (Lipinski definition) is 5. The fraction of sp³-hybridized carbons (Fsp3) is 0.571. The largest absolute Gasteiger partial charge is 0.493 e. The number of methoxy groups -OCH3 is 1. The van der Waals surface area contributed by atoms with Crippen LogP contribution in [0.1, 0.15) is 19.4 Å². The SMILES string of the molecule is CCS(=O)(=O)CCOc1c(CC(C)N)cccc1OC. The molecule has 0 saturated heterocycles. The van der Waals surface area contributed by atoms with E-state index in [0.717, 1.165) is 5.56 Å². The summed E-state index contributed by atoms with van der Waals surface area (Å²) in [6.07, 6.45) is 0.646. The fourth-order valence-electron chi connectivity index (χ4n) is 1.81. The summed E-state index contributed by atoms with van der Waals surface area (Å²) in [4.78, 5) is 0. The molecule has 0 aliphatic rings. The van der Waals surface area contributed by atoms with E-state index in [-0.39, 0.29) is 24.2 Å². The van der Waals surface area contributed by atoms with Gasteiger partial charge in [0.1, 0.15) is 6.61 Å². The first kappa shape index (κ1) is 16.8. The molecule has 20 heavy (non-hydrogen) atoms. The highest BCUT2D eigenvalue weighted by Crippen LogP contribution is 2.31. The molecule has 0 aliphatic heterocycles. The average Bonchev–Trinajstić information content (AvgIpc) is 2.39. The number of nitrogens with two attached hydrogens (primary N) is 1. The van der Waals surface area contributed by atoms with Crippen molar-refractivity contribution in [3.8, 4) is 11.5 Å². The van der Waals surface area contributed by atoms with Gasteiger partial charge >= 0.3 is 0 Å². The highest BCUT2D eigenvalue weighted by atomic mass is 32.2. The molecule has 1 unspecified atom stereocenters. The van der Waals surface area contributed by atoms with Crippen molar-refractivity contribution in [2.24, 2.45) is 5.73 Å². The third-order valence-corrected chi connectivity index (χ3v) is 4.57. The van der Waals surface area contributed by atoms with E-state index in [9.17, 15) is 8.42 Å². The first-order chi connectivity index (χ1) is 9.39. The molecule has 0 aromatic heterocycles. The molecule has 114 valence electrons. The third-order valence-electron chi connectivity index (χ3n) is 2.90. The molecule has 0 fully saturated rings. The molecule has 0 spiro atoms. The molecule has 5 nitrogen and oxygen atoms in total. The van der Waals surface area contributed by atoms with Gasteiger partial charge in [-0.1, -0.05) is 19.1 Å². The lowest BCUT2D eigenvalue weighted by atomic mass is 10.1. The molecule has 0 amide bonds. The molecule has 1 rings (SSSR count). The topological polar surface area (TPSA) is 78.6 Å². The molecular weight excluding hydrogens is 278 g/mol. The summed E-state index contributed by atoms with van der Waals surface area (Å²) in [5.74, 6) is 1.30. The van der Waals surface area contributed by atoms with E-state index < -0.39 is 9.84 Å². The number of rotatable bonds is 8. The van der Waals surface area contributed by atoms with Crippen LogP contribution in [0.3, 0.4) is 0 Å². The zero-order valence-corrected chi connectivity index (χ0v) is 13.1. The molecule has 0 radical (unpaired) electrons. The molecule has 1 aromatic rings. The normalized spacial score (nSPS) is 13.0. The van der Waals surface area contributed by atoms with Crippen molar-refractivity contribution >= 4 is 9.84 Å². The Bertz CT molecular complexity index is 526. The van der Waals surface area contributed by atoms with Gasteiger partial charge in [0, 0.05) is 11.8 Å². The molecule has 0 aliphatic carbocycles. The van der Waals surface area contributed by atoms with Crippen molar-refractivity contribution in [2.45, 2.75) is 26.3 Å². The highest BCUT2D eigenvalue weighted by molar-refractivity contribution is 7.91. The van der Waals surface area contributed by atoms with Gasteiger partial charge in [-0.3, -0.25) is 0 Å². The summed E-state index contributed by atoms with van der Waals surface area (Å²) in [5, 5.41) is 0. The van der Waals surface area contributed by atoms with Gasteiger partial charge in [0.25, 0.3) is 0 Å². The lowest BCUT2D eigenvalue weighted by molar-refractivity contribution is 0.308. The highest BCUT2D eigenvalue weighted by Gasteiger charge is 2.14. The zero-order chi connectivity index (χ0) is 15.2. The van der Waals surface area contributed by atoms with Crippen molar-refractivity contribution in [3.05, 3.63) is 23.8 Å². The van der Waals surface area contributed by atoms with Crippen molar-refractivity contribution in [2.75, 3.05) is 25.2 Å². The molecule has 1 aromatic carbocycles. The predicted molar refractivity (Wildman–Crippen MR) is 80.2 cm³/mol. The van der Waals surface area contributed by atoms with Gasteiger partial charge in [0.2, 0.25) is 0 Å². The molecule has 1 atom stereocenters. The van der Waals surface area contributed by atoms with Gasteiger partial charge < -0.3 is 15.2 Å². The van der Waals surface area contributed by atoms with Crippen LogP contribution in [0.15, 0.2) is 18.2 Å². The molecule has 6 heteroatoms. The van der Waals surface area contributed by atoms with Crippen LogP contribution in [-0.4, -0.2) is 39.7 Å². The van der Waals surface area contributed by atoms with Crippen LogP contribution in [-0.2, 0) is 16.3 Å². The summed E-state index contributed by atoms with van der Waals surface area (Å²) in [5.41, 5.74) is 6.74. The lowest BCUT2D eigenvalue weighted by Crippen LogP contribution is -2.20. The van der Waals surface area contributed by atoms with Crippen LogP contribution in [0, 0.1) is 0 Å². The van der Waals surface area contributed by atoms with Crippen LogP contribution >= 0.6 is 0 Å². The lowest BCUT2D eigenvalue weighted by Gasteiger charge is -2.16. The molecule has 2 N–H and O–H groups in total. The van der Waals surface area contributed by atoms with E-state index in [1.807, 2.05) is 19.1 Å². The summed E-state index contributed by atoms with van der Waals surface area (Å²) in [7, 11) is -1.48. The van der Waals surface area contributed by atoms with Gasteiger partial charge in [-0.15, -0.1) is 0 Å². The van der Waals surface area contributed by atoms with Gasteiger partial charge in [-0.25, -0.2) is 8.42 Å². The Hall–Kier alpha value is -1.27. The van der Waals surface area contributed by atoms with Crippen molar-refractivity contribution in [1.29, 1.82) is 0 Å². The van der Waals surface area contributed by atoms with E-state index in [4.69, 9.17) is 15.2 Å². The van der Waals surface area contributed by atoms with Gasteiger partial charge in [0.05, 0.1) is 12.9 Å². The second-order valence-corrected chi connectivity index (χ2v) is 7.19. The maximum absolute atomic E-state index is 11.5. The average molecular weight is 301 g/mol. The molecule has 0 saturated carbocycles. The number of hydrogen-bond donors (Lipinski definition) is 1. The minimum Gasteiger partial charge on any atom is -0.493 e. The molecule has 0 heterocycles. The van der Waals surface area contributed by atoms with E-state index in [0.29, 0.717) is 17.9 Å². The van der Waals surface area contributed by atoms with E-state index in [1.54, 1.807) is 20.1 Å². The van der Waals surface area contributed by atoms with Crippen molar-refractivity contribution < 1.29 is 17.9 Å². The Morgan fingerprint density at radius 3 is 2.60 bits per heavy atom. The Morgan fingerprint density at radius 2 is 2.05 bits per heavy atom. The third kappa shape index (κ3) is 5.02. The number of sulfone groups is 1. The summed E-state index contributed by atoms with van der Waals surface area (Å²) >= 11 is 0. The van der Waals surface area contributed by atoms with Crippen LogP contribution in [0.2, 0.25) is 0 Å². The van der Waals surface area contributed by atoms with Crippen molar-refractivity contribution in [1.82, 2.24) is 0 Å². The number of para-hydroxylation sites is 1. The Morgan fingerprint density at radius 1 is 1.35 bits per heavy atom. The zero-order valence-electron chi connectivity index (χ0n) is 12.3. The van der Waals surface area contributed by atoms with E-state index in [2.05, 4.69) is 0 Å². The summed E-state index contributed by atoms with van der Waals surface area (Å²) < 4.78 is 33.9. The monoisotopic (exact) mass is 301 g/mol. The van der Waals surface area contributed by atoms with E-state index in [1.165, 1.54) is 0 Å². The quantitative estimate of drug-likeness (QED) is 0.785. The van der Waals surface area contributed by atoms with Gasteiger partial charge in [0.15, 0.2) is 21.3 Å². The smallest absolute Gasteiger partial charge is 0.164 e. The van der Waals surface area contributed by atoms with Crippen LogP contribution in [0.4, 0.5) is 0 Å². The second kappa shape index (κ2) is 7.50.